The van der Waals surface area contributed by atoms with Crippen LogP contribution in [0.2, 0.25) is 0 Å². The minimum Gasteiger partial charge on any atom is -0.872 e. The summed E-state index contributed by atoms with van der Waals surface area (Å²) in [7, 11) is 0. The molecule has 7 nitrogen and oxygen atoms in total. The molecule has 21 heavy (non-hydrogen) atoms. The van der Waals surface area contributed by atoms with Crippen LogP contribution in [0.3, 0.4) is 0 Å². The van der Waals surface area contributed by atoms with Crippen molar-refractivity contribution in [2.75, 3.05) is 0 Å². The molecule has 0 amide bonds. The third-order valence-electron chi connectivity index (χ3n) is 3.35. The molecule has 1 aliphatic rings. The lowest BCUT2D eigenvalue weighted by atomic mass is 9.99. The molecule has 0 aliphatic carbocycles. The summed E-state index contributed by atoms with van der Waals surface area (Å²) in [6, 6.07) is 7.35. The zero-order chi connectivity index (χ0) is 14.8. The van der Waals surface area contributed by atoms with Gasteiger partial charge in [-0.05, 0) is 23.3 Å². The topological polar surface area (TPSA) is 103 Å². The number of hydrazone groups is 1. The van der Waals surface area contributed by atoms with Crippen LogP contribution >= 0.6 is 0 Å². The second-order valence-electron chi connectivity index (χ2n) is 4.66. The number of benzene rings is 1. The van der Waals surface area contributed by atoms with Crippen molar-refractivity contribution < 1.29 is 10.0 Å². The highest BCUT2D eigenvalue weighted by atomic mass is 16.6. The molecule has 1 atom stereocenters. The summed E-state index contributed by atoms with van der Waals surface area (Å²) >= 11 is 0. The van der Waals surface area contributed by atoms with Crippen molar-refractivity contribution in [3.05, 3.63) is 64.0 Å². The number of hydrogen-bond acceptors (Lipinski definition) is 6. The molecule has 3 rings (SSSR count). The molecule has 0 saturated carbocycles. The van der Waals surface area contributed by atoms with Crippen LogP contribution in [0.5, 0.6) is 5.75 Å². The smallest absolute Gasteiger partial charge is 0.270 e. The summed E-state index contributed by atoms with van der Waals surface area (Å²) in [6.45, 7) is 0. The quantitative estimate of drug-likeness (QED) is 0.679. The molecule has 2 aromatic rings. The van der Waals surface area contributed by atoms with Gasteiger partial charge in [0.15, 0.2) is 0 Å². The molecule has 0 saturated heterocycles. The SMILES string of the molecule is O=[N+]([O-])c1ccc([O-])c(C2=NN[C@H](c3ccncc3)C2)c1. The standard InChI is InChI=1S/C14H12N4O3/c19-14-2-1-10(18(20)21)7-11(14)13-8-12(16-17-13)9-3-5-15-6-4-9/h1-7,12,16,19H,8H2/p-1/t12-/m0/s1. The Balaban J connectivity index is 1.86. The zero-order valence-corrected chi connectivity index (χ0v) is 10.9. The van der Waals surface area contributed by atoms with Gasteiger partial charge in [-0.25, -0.2) is 0 Å². The van der Waals surface area contributed by atoms with E-state index in [2.05, 4.69) is 15.5 Å². The van der Waals surface area contributed by atoms with Gasteiger partial charge in [0.05, 0.1) is 16.7 Å². The highest BCUT2D eigenvalue weighted by molar-refractivity contribution is 6.04. The summed E-state index contributed by atoms with van der Waals surface area (Å²) in [5.74, 6) is -0.267. The highest BCUT2D eigenvalue weighted by Gasteiger charge is 2.22. The summed E-state index contributed by atoms with van der Waals surface area (Å²) in [4.78, 5) is 14.2. The fraction of sp³-hybridized carbons (Fsp3) is 0.143. The first-order valence-corrected chi connectivity index (χ1v) is 6.33. The highest BCUT2D eigenvalue weighted by Crippen LogP contribution is 2.28. The van der Waals surface area contributed by atoms with Gasteiger partial charge in [-0.1, -0.05) is 11.8 Å². The van der Waals surface area contributed by atoms with Crippen molar-refractivity contribution in [1.82, 2.24) is 10.4 Å². The van der Waals surface area contributed by atoms with Crippen LogP contribution in [0, 0.1) is 10.1 Å². The number of rotatable bonds is 3. The Morgan fingerprint density at radius 3 is 2.71 bits per heavy atom. The Labute approximate surface area is 120 Å². The Morgan fingerprint density at radius 1 is 1.24 bits per heavy atom. The maximum absolute atomic E-state index is 11.9. The Bertz CT molecular complexity index is 715. The Hall–Kier alpha value is -2.96. The molecule has 0 fully saturated rings. The number of hydrogen-bond donors (Lipinski definition) is 1. The van der Waals surface area contributed by atoms with E-state index < -0.39 is 4.92 Å². The lowest BCUT2D eigenvalue weighted by Crippen LogP contribution is -2.10. The average Bonchev–Trinajstić information content (AvgIpc) is 2.98. The lowest BCUT2D eigenvalue weighted by Gasteiger charge is -2.13. The van der Waals surface area contributed by atoms with Gasteiger partial charge in [-0.2, -0.15) is 5.10 Å². The van der Waals surface area contributed by atoms with E-state index in [4.69, 9.17) is 0 Å². The van der Waals surface area contributed by atoms with E-state index >= 15 is 0 Å². The number of pyridine rings is 1. The monoisotopic (exact) mass is 283 g/mol. The Kier molecular flexibility index (Phi) is 3.23. The van der Waals surface area contributed by atoms with E-state index in [0.29, 0.717) is 12.1 Å². The van der Waals surface area contributed by atoms with Crippen LogP contribution in [0.15, 0.2) is 47.8 Å². The van der Waals surface area contributed by atoms with Crippen molar-refractivity contribution in [1.29, 1.82) is 0 Å². The van der Waals surface area contributed by atoms with Crippen molar-refractivity contribution in [3.63, 3.8) is 0 Å². The normalized spacial score (nSPS) is 17.1. The first kappa shape index (κ1) is 13.0. The van der Waals surface area contributed by atoms with Gasteiger partial charge in [-0.3, -0.25) is 15.1 Å². The Morgan fingerprint density at radius 2 is 2.00 bits per heavy atom. The van der Waals surface area contributed by atoms with Gasteiger partial charge < -0.3 is 10.5 Å². The first-order chi connectivity index (χ1) is 10.1. The van der Waals surface area contributed by atoms with Gasteiger partial charge in [0.1, 0.15) is 0 Å². The first-order valence-electron chi connectivity index (χ1n) is 6.33. The second-order valence-corrected chi connectivity index (χ2v) is 4.66. The third kappa shape index (κ3) is 2.53. The molecular weight excluding hydrogens is 272 g/mol. The van der Waals surface area contributed by atoms with Gasteiger partial charge in [0, 0.05) is 30.9 Å². The van der Waals surface area contributed by atoms with Gasteiger partial charge in [0.2, 0.25) is 0 Å². The second kappa shape index (κ2) is 5.20. The van der Waals surface area contributed by atoms with E-state index in [1.807, 2.05) is 12.1 Å². The maximum Gasteiger partial charge on any atom is 0.270 e. The molecule has 1 N–H and O–H groups in total. The maximum atomic E-state index is 11.9. The van der Waals surface area contributed by atoms with Crippen LogP contribution in [0.4, 0.5) is 5.69 Å². The molecule has 1 aliphatic heterocycles. The van der Waals surface area contributed by atoms with Crippen molar-refractivity contribution in [3.8, 4) is 5.75 Å². The molecule has 0 spiro atoms. The molecule has 0 bridgehead atoms. The van der Waals surface area contributed by atoms with E-state index in [1.165, 1.54) is 18.2 Å². The largest absolute Gasteiger partial charge is 0.872 e. The summed E-state index contributed by atoms with van der Waals surface area (Å²) < 4.78 is 0. The zero-order valence-electron chi connectivity index (χ0n) is 10.9. The lowest BCUT2D eigenvalue weighted by molar-refractivity contribution is -0.385. The minimum absolute atomic E-state index is 0.0540. The predicted molar refractivity (Wildman–Crippen MR) is 73.8 cm³/mol. The van der Waals surface area contributed by atoms with E-state index in [-0.39, 0.29) is 23.0 Å². The number of nitro groups is 1. The van der Waals surface area contributed by atoms with Crippen LogP contribution in [-0.2, 0) is 0 Å². The number of nitro benzene ring substituents is 1. The number of nitrogens with one attached hydrogen (secondary N) is 1. The fourth-order valence-electron chi connectivity index (χ4n) is 2.26. The molecule has 0 radical (unpaired) electrons. The molecule has 106 valence electrons. The van der Waals surface area contributed by atoms with Gasteiger partial charge in [0.25, 0.3) is 5.69 Å². The van der Waals surface area contributed by atoms with E-state index in [0.717, 1.165) is 5.56 Å². The van der Waals surface area contributed by atoms with Crippen molar-refractivity contribution >= 4 is 11.4 Å². The number of nitrogens with zero attached hydrogens (tertiary/aromatic N) is 3. The van der Waals surface area contributed by atoms with Crippen LogP contribution in [0.1, 0.15) is 23.6 Å². The minimum atomic E-state index is -0.522. The molecule has 2 heterocycles. The molecule has 0 unspecified atom stereocenters. The van der Waals surface area contributed by atoms with Crippen molar-refractivity contribution in [2.45, 2.75) is 12.5 Å². The third-order valence-corrected chi connectivity index (χ3v) is 3.35. The van der Waals surface area contributed by atoms with E-state index in [9.17, 15) is 15.2 Å². The summed E-state index contributed by atoms with van der Waals surface area (Å²) in [5, 5.41) is 26.8. The predicted octanol–water partition coefficient (Wildman–Crippen LogP) is 1.50. The van der Waals surface area contributed by atoms with Crippen LogP contribution in [0.25, 0.3) is 0 Å². The summed E-state index contributed by atoms with van der Waals surface area (Å²) in [5.41, 5.74) is 4.64. The van der Waals surface area contributed by atoms with E-state index in [1.54, 1.807) is 12.4 Å². The van der Waals surface area contributed by atoms with Crippen LogP contribution < -0.4 is 10.5 Å². The fourth-order valence-corrected chi connectivity index (χ4v) is 2.26. The van der Waals surface area contributed by atoms with Crippen molar-refractivity contribution in [2.24, 2.45) is 5.10 Å². The number of non-ortho nitro benzene ring substituents is 1. The van der Waals surface area contributed by atoms with Gasteiger partial charge >= 0.3 is 0 Å². The number of aromatic nitrogens is 1. The molecule has 7 heteroatoms. The van der Waals surface area contributed by atoms with Crippen LogP contribution in [-0.4, -0.2) is 15.6 Å². The molecule has 1 aromatic heterocycles. The molecule has 1 aromatic carbocycles. The summed E-state index contributed by atoms with van der Waals surface area (Å²) in [6.07, 6.45) is 3.86. The molecular formula is C14H11N4O3-. The van der Waals surface area contributed by atoms with Gasteiger partial charge in [-0.15, -0.1) is 0 Å². The average molecular weight is 283 g/mol.